The Labute approximate surface area is 196 Å². The molecule has 0 bridgehead atoms. The van der Waals surface area contributed by atoms with Crippen LogP contribution >= 0.6 is 0 Å². The zero-order valence-corrected chi connectivity index (χ0v) is 19.0. The minimum atomic E-state index is -4.02. The molecule has 1 aliphatic rings. The maximum Gasteiger partial charge on any atom is 0.322 e. The number of imide groups is 1. The first kappa shape index (κ1) is 23.2. The lowest BCUT2D eigenvalue weighted by atomic mass is 10.2. The van der Waals surface area contributed by atoms with Crippen molar-refractivity contribution in [3.63, 3.8) is 0 Å². The average molecular weight is 483 g/mol. The predicted molar refractivity (Wildman–Crippen MR) is 122 cm³/mol. The molecule has 2 heterocycles. The Hall–Kier alpha value is -3.96. The van der Waals surface area contributed by atoms with Crippen LogP contribution in [0.5, 0.6) is 17.2 Å². The van der Waals surface area contributed by atoms with Crippen LogP contribution in [0.25, 0.3) is 0 Å². The maximum absolute atomic E-state index is 13.5. The van der Waals surface area contributed by atoms with Gasteiger partial charge in [0.25, 0.3) is 5.91 Å². The van der Waals surface area contributed by atoms with Gasteiger partial charge in [-0.05, 0) is 60.2 Å². The van der Waals surface area contributed by atoms with Crippen molar-refractivity contribution in [1.82, 2.24) is 19.9 Å². The van der Waals surface area contributed by atoms with Crippen molar-refractivity contribution in [3.05, 3.63) is 78.6 Å². The summed E-state index contributed by atoms with van der Waals surface area (Å²) in [5, 5.41) is 4.56. The number of pyridine rings is 1. The number of methoxy groups -OCH3 is 1. The van der Waals surface area contributed by atoms with E-state index in [0.29, 0.717) is 22.8 Å². The molecular formula is C23H22N4O6S. The van der Waals surface area contributed by atoms with Gasteiger partial charge in [0.05, 0.1) is 12.0 Å². The summed E-state index contributed by atoms with van der Waals surface area (Å²) in [6, 6.07) is 14.7. The summed E-state index contributed by atoms with van der Waals surface area (Å²) in [7, 11) is -2.45. The third kappa shape index (κ3) is 5.33. The zero-order valence-electron chi connectivity index (χ0n) is 18.2. The standard InChI is InChI=1S/C23H22N4O6S/c1-32-17-4-6-18(7-5-17)33-19-8-10-20(11-9-19)34(30,31)27(14-16-3-2-12-24-13-16)15-21-22(28)26-23(29)25-21/h2-13,21H,14-15H2,1H3,(H2,25,26,28,29). The first-order chi connectivity index (χ1) is 16.3. The lowest BCUT2D eigenvalue weighted by Gasteiger charge is -2.24. The fourth-order valence-electron chi connectivity index (χ4n) is 3.34. The number of benzene rings is 2. The van der Waals surface area contributed by atoms with Crippen LogP contribution in [-0.2, 0) is 21.4 Å². The van der Waals surface area contributed by atoms with Gasteiger partial charge in [0.15, 0.2) is 0 Å². The van der Waals surface area contributed by atoms with E-state index < -0.39 is 28.0 Å². The zero-order chi connectivity index (χ0) is 24.1. The summed E-state index contributed by atoms with van der Waals surface area (Å²) in [6.07, 6.45) is 3.12. The number of sulfonamides is 1. The van der Waals surface area contributed by atoms with Crippen LogP contribution in [-0.4, -0.2) is 49.3 Å². The van der Waals surface area contributed by atoms with Gasteiger partial charge >= 0.3 is 6.03 Å². The SMILES string of the molecule is COc1ccc(Oc2ccc(S(=O)(=O)N(Cc3cccnc3)CC3NC(=O)NC3=O)cc2)cc1. The number of amides is 3. The summed E-state index contributed by atoms with van der Waals surface area (Å²) >= 11 is 0. The molecule has 1 atom stereocenters. The van der Waals surface area contributed by atoms with Gasteiger partial charge in [0, 0.05) is 25.5 Å². The number of ether oxygens (including phenoxy) is 2. The molecule has 3 amide bonds. The molecule has 11 heteroatoms. The highest BCUT2D eigenvalue weighted by Crippen LogP contribution is 2.26. The first-order valence-corrected chi connectivity index (χ1v) is 11.7. The molecule has 0 saturated carbocycles. The number of carbonyl (C=O) groups is 2. The molecular weight excluding hydrogens is 460 g/mol. The van der Waals surface area contributed by atoms with Crippen molar-refractivity contribution < 1.29 is 27.5 Å². The quantitative estimate of drug-likeness (QED) is 0.448. The number of nitrogens with zero attached hydrogens (tertiary/aromatic N) is 2. The molecule has 1 aliphatic heterocycles. The highest BCUT2D eigenvalue weighted by molar-refractivity contribution is 7.89. The van der Waals surface area contributed by atoms with E-state index in [4.69, 9.17) is 9.47 Å². The third-order valence-electron chi connectivity index (χ3n) is 5.08. The van der Waals surface area contributed by atoms with Gasteiger partial charge in [0.1, 0.15) is 23.3 Å². The Balaban J connectivity index is 1.55. The van der Waals surface area contributed by atoms with E-state index in [2.05, 4.69) is 15.6 Å². The van der Waals surface area contributed by atoms with E-state index in [1.165, 1.54) is 12.1 Å². The number of urea groups is 1. The minimum Gasteiger partial charge on any atom is -0.497 e. The van der Waals surface area contributed by atoms with Crippen LogP contribution in [0, 0.1) is 0 Å². The van der Waals surface area contributed by atoms with Crippen molar-refractivity contribution >= 4 is 22.0 Å². The second kappa shape index (κ2) is 9.89. The molecule has 1 saturated heterocycles. The van der Waals surface area contributed by atoms with Gasteiger partial charge < -0.3 is 14.8 Å². The molecule has 0 spiro atoms. The fraction of sp³-hybridized carbons (Fsp3) is 0.174. The highest BCUT2D eigenvalue weighted by atomic mass is 32.2. The molecule has 2 aromatic carbocycles. The Morgan fingerprint density at radius 3 is 2.18 bits per heavy atom. The lowest BCUT2D eigenvalue weighted by Crippen LogP contribution is -2.44. The summed E-state index contributed by atoms with van der Waals surface area (Å²) in [6.45, 7) is -0.265. The molecule has 1 fully saturated rings. The molecule has 0 radical (unpaired) electrons. The Morgan fingerprint density at radius 2 is 1.62 bits per heavy atom. The van der Waals surface area contributed by atoms with Crippen molar-refractivity contribution in [2.45, 2.75) is 17.5 Å². The monoisotopic (exact) mass is 482 g/mol. The van der Waals surface area contributed by atoms with Crippen LogP contribution in [0.3, 0.4) is 0 Å². The van der Waals surface area contributed by atoms with E-state index in [9.17, 15) is 18.0 Å². The van der Waals surface area contributed by atoms with Crippen LogP contribution in [0.4, 0.5) is 4.79 Å². The normalized spacial score (nSPS) is 15.6. The van der Waals surface area contributed by atoms with Gasteiger partial charge in [-0.2, -0.15) is 4.31 Å². The van der Waals surface area contributed by atoms with E-state index >= 15 is 0 Å². The van der Waals surface area contributed by atoms with Crippen LogP contribution in [0.15, 0.2) is 78.0 Å². The van der Waals surface area contributed by atoms with Gasteiger partial charge in [-0.15, -0.1) is 0 Å². The van der Waals surface area contributed by atoms with Crippen molar-refractivity contribution in [1.29, 1.82) is 0 Å². The molecule has 1 unspecified atom stereocenters. The smallest absolute Gasteiger partial charge is 0.322 e. The van der Waals surface area contributed by atoms with E-state index in [1.807, 2.05) is 0 Å². The third-order valence-corrected chi connectivity index (χ3v) is 6.91. The average Bonchev–Trinajstić information content (AvgIpc) is 3.16. The number of aromatic nitrogens is 1. The summed E-state index contributed by atoms with van der Waals surface area (Å²) < 4.78 is 38.9. The van der Waals surface area contributed by atoms with Crippen molar-refractivity contribution in [3.8, 4) is 17.2 Å². The molecule has 0 aliphatic carbocycles. The van der Waals surface area contributed by atoms with Gasteiger partial charge in [-0.3, -0.25) is 15.1 Å². The Kier molecular flexibility index (Phi) is 6.75. The Bertz CT molecular complexity index is 1270. The molecule has 176 valence electrons. The second-order valence-electron chi connectivity index (χ2n) is 7.42. The molecule has 3 aromatic rings. The summed E-state index contributed by atoms with van der Waals surface area (Å²) in [4.78, 5) is 27.6. The fourth-order valence-corrected chi connectivity index (χ4v) is 4.79. The van der Waals surface area contributed by atoms with E-state index in [1.54, 1.807) is 68.0 Å². The molecule has 10 nitrogen and oxygen atoms in total. The van der Waals surface area contributed by atoms with Gasteiger partial charge in [-0.1, -0.05) is 6.07 Å². The van der Waals surface area contributed by atoms with E-state index in [-0.39, 0.29) is 18.0 Å². The van der Waals surface area contributed by atoms with Crippen LogP contribution < -0.4 is 20.1 Å². The predicted octanol–water partition coefficient (Wildman–Crippen LogP) is 2.28. The molecule has 34 heavy (non-hydrogen) atoms. The van der Waals surface area contributed by atoms with E-state index in [0.717, 1.165) is 4.31 Å². The highest BCUT2D eigenvalue weighted by Gasteiger charge is 2.35. The largest absolute Gasteiger partial charge is 0.497 e. The molecule has 4 rings (SSSR count). The first-order valence-electron chi connectivity index (χ1n) is 10.3. The number of nitrogens with one attached hydrogen (secondary N) is 2. The Morgan fingerprint density at radius 1 is 0.971 bits per heavy atom. The van der Waals surface area contributed by atoms with Crippen LogP contribution in [0.2, 0.25) is 0 Å². The van der Waals surface area contributed by atoms with Crippen LogP contribution in [0.1, 0.15) is 5.56 Å². The van der Waals surface area contributed by atoms with Gasteiger partial charge in [0.2, 0.25) is 10.0 Å². The number of hydrogen-bond donors (Lipinski definition) is 2. The van der Waals surface area contributed by atoms with Crippen molar-refractivity contribution in [2.24, 2.45) is 0 Å². The summed E-state index contributed by atoms with van der Waals surface area (Å²) in [5.41, 5.74) is 0.635. The van der Waals surface area contributed by atoms with Crippen molar-refractivity contribution in [2.75, 3.05) is 13.7 Å². The maximum atomic E-state index is 13.5. The summed E-state index contributed by atoms with van der Waals surface area (Å²) in [5.74, 6) is 1.12. The van der Waals surface area contributed by atoms with Gasteiger partial charge in [-0.25, -0.2) is 13.2 Å². The second-order valence-corrected chi connectivity index (χ2v) is 9.36. The molecule has 1 aromatic heterocycles. The number of rotatable bonds is 9. The number of hydrogen-bond acceptors (Lipinski definition) is 7. The topological polar surface area (TPSA) is 127 Å². The lowest BCUT2D eigenvalue weighted by molar-refractivity contribution is -0.120. The minimum absolute atomic E-state index is 0.0169. The molecule has 2 N–H and O–H groups in total. The number of carbonyl (C=O) groups excluding carboxylic acids is 2.